The predicted octanol–water partition coefficient (Wildman–Crippen LogP) is 2.18. The lowest BCUT2D eigenvalue weighted by molar-refractivity contribution is 0.399. The lowest BCUT2D eigenvalue weighted by atomic mass is 10.1. The molecule has 1 aliphatic heterocycles. The molecule has 0 spiro atoms. The molecule has 1 unspecified atom stereocenters. The predicted molar refractivity (Wildman–Crippen MR) is 80.2 cm³/mol. The SMILES string of the molecule is CN1CCC(CNc2ccc3cnccc3c2N)C1. The summed E-state index contributed by atoms with van der Waals surface area (Å²) in [6.45, 7) is 3.36. The molecular formula is C15H20N4. The molecule has 0 amide bonds. The van der Waals surface area contributed by atoms with E-state index in [1.165, 1.54) is 19.5 Å². The Kier molecular flexibility index (Phi) is 3.25. The number of pyridine rings is 1. The standard InChI is InChI=1S/C15H20N4/c1-19-7-5-11(10-19)8-18-14-3-2-12-9-17-6-4-13(12)15(14)16/h2-4,6,9,11,18H,5,7-8,10,16H2,1H3. The molecule has 0 aliphatic carbocycles. The maximum atomic E-state index is 6.23. The Bertz CT molecular complexity index is 581. The fourth-order valence-corrected chi connectivity index (χ4v) is 2.79. The van der Waals surface area contributed by atoms with E-state index in [2.05, 4.69) is 34.4 Å². The summed E-state index contributed by atoms with van der Waals surface area (Å²) >= 11 is 0. The number of aromatic nitrogens is 1. The molecule has 1 aromatic heterocycles. The summed E-state index contributed by atoms with van der Waals surface area (Å²) in [5.41, 5.74) is 8.09. The summed E-state index contributed by atoms with van der Waals surface area (Å²) in [7, 11) is 2.18. The molecule has 4 nitrogen and oxygen atoms in total. The maximum Gasteiger partial charge on any atom is 0.0630 e. The third-order valence-corrected chi connectivity index (χ3v) is 3.93. The monoisotopic (exact) mass is 256 g/mol. The van der Waals surface area contributed by atoms with Gasteiger partial charge in [0.05, 0.1) is 11.4 Å². The van der Waals surface area contributed by atoms with Crippen LogP contribution in [0.5, 0.6) is 0 Å². The first-order valence-electron chi connectivity index (χ1n) is 6.78. The van der Waals surface area contributed by atoms with Crippen molar-refractivity contribution in [2.45, 2.75) is 6.42 Å². The second kappa shape index (κ2) is 5.05. The van der Waals surface area contributed by atoms with Crippen LogP contribution in [0.25, 0.3) is 10.8 Å². The summed E-state index contributed by atoms with van der Waals surface area (Å²) in [5, 5.41) is 5.66. The molecule has 0 bridgehead atoms. The highest BCUT2D eigenvalue weighted by molar-refractivity contribution is 5.98. The lowest BCUT2D eigenvalue weighted by Crippen LogP contribution is -2.19. The van der Waals surface area contributed by atoms with Crippen LogP contribution in [0.3, 0.4) is 0 Å². The fraction of sp³-hybridized carbons (Fsp3) is 0.400. The number of nitrogens with one attached hydrogen (secondary N) is 1. The normalized spacial score (nSPS) is 19.9. The molecule has 2 aromatic rings. The Morgan fingerprint density at radius 3 is 3.11 bits per heavy atom. The van der Waals surface area contributed by atoms with Crippen molar-refractivity contribution >= 4 is 22.1 Å². The summed E-state index contributed by atoms with van der Waals surface area (Å²) in [4.78, 5) is 6.50. The number of anilines is 2. The molecule has 19 heavy (non-hydrogen) atoms. The lowest BCUT2D eigenvalue weighted by Gasteiger charge is -2.15. The van der Waals surface area contributed by atoms with Gasteiger partial charge in [0, 0.05) is 36.3 Å². The van der Waals surface area contributed by atoms with Crippen LogP contribution in [0.2, 0.25) is 0 Å². The Morgan fingerprint density at radius 2 is 2.32 bits per heavy atom. The van der Waals surface area contributed by atoms with Gasteiger partial charge in [-0.15, -0.1) is 0 Å². The highest BCUT2D eigenvalue weighted by atomic mass is 15.1. The molecule has 1 fully saturated rings. The van der Waals surface area contributed by atoms with Crippen LogP contribution < -0.4 is 11.1 Å². The first-order chi connectivity index (χ1) is 9.24. The highest BCUT2D eigenvalue weighted by Gasteiger charge is 2.19. The van der Waals surface area contributed by atoms with Crippen molar-refractivity contribution in [3.8, 4) is 0 Å². The number of hydrogen-bond donors (Lipinski definition) is 2. The minimum absolute atomic E-state index is 0.720. The molecule has 0 radical (unpaired) electrons. The summed E-state index contributed by atoms with van der Waals surface area (Å²) in [5.74, 6) is 0.720. The van der Waals surface area contributed by atoms with Gasteiger partial charge in [-0.3, -0.25) is 4.98 Å². The number of fused-ring (bicyclic) bond motifs is 1. The Hall–Kier alpha value is -1.81. The van der Waals surface area contributed by atoms with Crippen LogP contribution in [0.4, 0.5) is 11.4 Å². The quantitative estimate of drug-likeness (QED) is 0.827. The molecule has 4 heteroatoms. The van der Waals surface area contributed by atoms with Crippen molar-refractivity contribution in [2.75, 3.05) is 37.7 Å². The van der Waals surface area contributed by atoms with E-state index in [1.807, 2.05) is 12.3 Å². The van der Waals surface area contributed by atoms with Gasteiger partial charge in [0.25, 0.3) is 0 Å². The number of nitrogens with two attached hydrogens (primary N) is 1. The molecule has 0 saturated carbocycles. The Morgan fingerprint density at radius 1 is 1.42 bits per heavy atom. The van der Waals surface area contributed by atoms with Gasteiger partial charge in [0.1, 0.15) is 0 Å². The number of hydrogen-bond acceptors (Lipinski definition) is 4. The summed E-state index contributed by atoms with van der Waals surface area (Å²) in [6, 6.07) is 6.10. The van der Waals surface area contributed by atoms with Crippen LogP contribution in [0.15, 0.2) is 30.6 Å². The zero-order valence-electron chi connectivity index (χ0n) is 11.3. The molecule has 1 atom stereocenters. The topological polar surface area (TPSA) is 54.2 Å². The Labute approximate surface area is 113 Å². The number of likely N-dealkylation sites (tertiary alicyclic amines) is 1. The molecule has 3 N–H and O–H groups in total. The number of nitrogens with zero attached hydrogens (tertiary/aromatic N) is 2. The number of benzene rings is 1. The van der Waals surface area contributed by atoms with Gasteiger partial charge in [0.15, 0.2) is 0 Å². The average Bonchev–Trinajstić information content (AvgIpc) is 2.84. The highest BCUT2D eigenvalue weighted by Crippen LogP contribution is 2.28. The van der Waals surface area contributed by atoms with Gasteiger partial charge in [-0.25, -0.2) is 0 Å². The van der Waals surface area contributed by atoms with Crippen LogP contribution in [0, 0.1) is 5.92 Å². The van der Waals surface area contributed by atoms with E-state index < -0.39 is 0 Å². The van der Waals surface area contributed by atoms with E-state index in [9.17, 15) is 0 Å². The summed E-state index contributed by atoms with van der Waals surface area (Å²) in [6.07, 6.45) is 4.90. The van der Waals surface area contributed by atoms with Crippen molar-refractivity contribution in [1.82, 2.24) is 9.88 Å². The van der Waals surface area contributed by atoms with Crippen molar-refractivity contribution in [2.24, 2.45) is 5.92 Å². The van der Waals surface area contributed by atoms with Crippen molar-refractivity contribution in [1.29, 1.82) is 0 Å². The molecule has 1 saturated heterocycles. The fourth-order valence-electron chi connectivity index (χ4n) is 2.79. The van der Waals surface area contributed by atoms with Gasteiger partial charge >= 0.3 is 0 Å². The van der Waals surface area contributed by atoms with E-state index in [1.54, 1.807) is 6.20 Å². The number of rotatable bonds is 3. The van der Waals surface area contributed by atoms with E-state index in [-0.39, 0.29) is 0 Å². The second-order valence-electron chi connectivity index (χ2n) is 5.42. The zero-order valence-corrected chi connectivity index (χ0v) is 11.3. The number of nitrogen functional groups attached to an aromatic ring is 1. The van der Waals surface area contributed by atoms with Crippen LogP contribution in [0.1, 0.15) is 6.42 Å². The van der Waals surface area contributed by atoms with Crippen LogP contribution >= 0.6 is 0 Å². The molecule has 2 heterocycles. The van der Waals surface area contributed by atoms with Gasteiger partial charge in [-0.2, -0.15) is 0 Å². The van der Waals surface area contributed by atoms with Gasteiger partial charge < -0.3 is 16.0 Å². The van der Waals surface area contributed by atoms with Crippen LogP contribution in [-0.4, -0.2) is 36.6 Å². The van der Waals surface area contributed by atoms with E-state index in [0.29, 0.717) is 0 Å². The summed E-state index contributed by atoms with van der Waals surface area (Å²) < 4.78 is 0. The van der Waals surface area contributed by atoms with Crippen LogP contribution in [-0.2, 0) is 0 Å². The molecule has 1 aromatic carbocycles. The van der Waals surface area contributed by atoms with Crippen molar-refractivity contribution < 1.29 is 0 Å². The van der Waals surface area contributed by atoms with Crippen molar-refractivity contribution in [3.63, 3.8) is 0 Å². The largest absolute Gasteiger partial charge is 0.397 e. The molecule has 100 valence electrons. The zero-order chi connectivity index (χ0) is 13.2. The maximum absolute atomic E-state index is 6.23. The molecule has 3 rings (SSSR count). The third kappa shape index (κ3) is 2.49. The van der Waals surface area contributed by atoms with E-state index in [0.717, 1.165) is 34.6 Å². The van der Waals surface area contributed by atoms with Gasteiger partial charge in [-0.05, 0) is 38.1 Å². The van der Waals surface area contributed by atoms with Gasteiger partial charge in [0.2, 0.25) is 0 Å². The van der Waals surface area contributed by atoms with Gasteiger partial charge in [-0.1, -0.05) is 6.07 Å². The second-order valence-corrected chi connectivity index (χ2v) is 5.42. The minimum Gasteiger partial charge on any atom is -0.397 e. The average molecular weight is 256 g/mol. The first-order valence-corrected chi connectivity index (χ1v) is 6.78. The minimum atomic E-state index is 0.720. The Balaban J connectivity index is 1.76. The van der Waals surface area contributed by atoms with Crippen molar-refractivity contribution in [3.05, 3.63) is 30.6 Å². The third-order valence-electron chi connectivity index (χ3n) is 3.93. The first kappa shape index (κ1) is 12.2. The van der Waals surface area contributed by atoms with E-state index >= 15 is 0 Å². The molecular weight excluding hydrogens is 236 g/mol. The smallest absolute Gasteiger partial charge is 0.0630 e. The van der Waals surface area contributed by atoms with E-state index in [4.69, 9.17) is 5.73 Å². The molecule has 1 aliphatic rings.